The van der Waals surface area contributed by atoms with Gasteiger partial charge in [0.05, 0.1) is 11.5 Å². The fourth-order valence-electron chi connectivity index (χ4n) is 3.33. The molecule has 1 unspecified atom stereocenters. The highest BCUT2D eigenvalue weighted by atomic mass is 79.9. The zero-order valence-corrected chi connectivity index (χ0v) is 13.6. The molecule has 1 atom stereocenters. The number of nitrogens with zero attached hydrogens (tertiary/aromatic N) is 1. The van der Waals surface area contributed by atoms with Gasteiger partial charge in [-0.2, -0.15) is 0 Å². The summed E-state index contributed by atoms with van der Waals surface area (Å²) in [6, 6.07) is 0.182. The molecule has 5 heteroatoms. The third-order valence-corrected chi connectivity index (χ3v) is 7.53. The fourth-order valence-corrected chi connectivity index (χ4v) is 5.70. The van der Waals surface area contributed by atoms with E-state index in [1.165, 1.54) is 32.1 Å². The molecule has 2 aliphatic rings. The van der Waals surface area contributed by atoms with Crippen LogP contribution in [0.25, 0.3) is 0 Å². The van der Waals surface area contributed by atoms with Crippen molar-refractivity contribution in [1.29, 1.82) is 0 Å². The molecule has 1 heterocycles. The number of hydrogen-bond donors (Lipinski definition) is 0. The molecular weight excluding hydrogens is 314 g/mol. The van der Waals surface area contributed by atoms with E-state index < -0.39 is 9.84 Å². The molecule has 0 bridgehead atoms. The summed E-state index contributed by atoms with van der Waals surface area (Å²) in [7, 11) is -2.79. The molecule has 1 saturated heterocycles. The largest absolute Gasteiger partial charge is 0.298 e. The minimum atomic E-state index is -2.79. The monoisotopic (exact) mass is 337 g/mol. The van der Waals surface area contributed by atoms with Crippen LogP contribution in [0.1, 0.15) is 39.0 Å². The van der Waals surface area contributed by atoms with Gasteiger partial charge in [-0.3, -0.25) is 4.90 Å². The SMILES string of the molecule is CC1CS(=O)(=O)CCN1CC1(CBr)CCCCC1. The second-order valence-corrected chi connectivity index (χ2v) is 8.92. The van der Waals surface area contributed by atoms with E-state index in [1.54, 1.807) is 0 Å². The quantitative estimate of drug-likeness (QED) is 0.742. The summed E-state index contributed by atoms with van der Waals surface area (Å²) in [5.74, 6) is 0.682. The molecule has 0 amide bonds. The molecule has 3 nitrogen and oxygen atoms in total. The minimum Gasteiger partial charge on any atom is -0.298 e. The van der Waals surface area contributed by atoms with Crippen molar-refractivity contribution in [2.75, 3.05) is 29.9 Å². The Kier molecular flexibility index (Phi) is 4.76. The molecule has 2 rings (SSSR count). The smallest absolute Gasteiger partial charge is 0.153 e. The van der Waals surface area contributed by atoms with Crippen LogP contribution in [0.3, 0.4) is 0 Å². The van der Waals surface area contributed by atoms with E-state index in [0.717, 1.165) is 18.4 Å². The molecule has 18 heavy (non-hydrogen) atoms. The molecule has 1 aliphatic heterocycles. The predicted octanol–water partition coefficient (Wildman–Crippen LogP) is 2.45. The fraction of sp³-hybridized carbons (Fsp3) is 1.00. The molecule has 0 aromatic carbocycles. The molecule has 0 aromatic heterocycles. The van der Waals surface area contributed by atoms with Crippen molar-refractivity contribution in [1.82, 2.24) is 4.90 Å². The van der Waals surface area contributed by atoms with Crippen molar-refractivity contribution < 1.29 is 8.42 Å². The summed E-state index contributed by atoms with van der Waals surface area (Å²) in [4.78, 5) is 2.40. The third kappa shape index (κ3) is 3.48. The molecule has 1 aliphatic carbocycles. The van der Waals surface area contributed by atoms with Crippen molar-refractivity contribution in [2.45, 2.75) is 45.1 Å². The Balaban J connectivity index is 2.00. The zero-order valence-electron chi connectivity index (χ0n) is 11.2. The first kappa shape index (κ1) is 14.8. The van der Waals surface area contributed by atoms with Crippen LogP contribution < -0.4 is 0 Å². The average Bonchev–Trinajstić information content (AvgIpc) is 2.34. The summed E-state index contributed by atoms with van der Waals surface area (Å²) in [5.41, 5.74) is 0.383. The number of alkyl halides is 1. The van der Waals surface area contributed by atoms with E-state index in [2.05, 4.69) is 27.8 Å². The van der Waals surface area contributed by atoms with Crippen LogP contribution in [0.5, 0.6) is 0 Å². The Morgan fingerprint density at radius 1 is 1.28 bits per heavy atom. The van der Waals surface area contributed by atoms with Crippen LogP contribution in [0.2, 0.25) is 0 Å². The van der Waals surface area contributed by atoms with Gasteiger partial charge in [0.2, 0.25) is 0 Å². The van der Waals surface area contributed by atoms with Gasteiger partial charge in [-0.25, -0.2) is 8.42 Å². The minimum absolute atomic E-state index is 0.182. The molecule has 0 N–H and O–H groups in total. The van der Waals surface area contributed by atoms with E-state index in [9.17, 15) is 8.42 Å². The van der Waals surface area contributed by atoms with Gasteiger partial charge in [-0.05, 0) is 25.2 Å². The van der Waals surface area contributed by atoms with E-state index in [0.29, 0.717) is 16.9 Å². The first-order valence-electron chi connectivity index (χ1n) is 6.97. The second kappa shape index (κ2) is 5.80. The van der Waals surface area contributed by atoms with Gasteiger partial charge >= 0.3 is 0 Å². The molecule has 2 fully saturated rings. The number of sulfone groups is 1. The van der Waals surface area contributed by atoms with Crippen LogP contribution in [0, 0.1) is 5.41 Å². The molecule has 0 aromatic rings. The van der Waals surface area contributed by atoms with E-state index in [-0.39, 0.29) is 6.04 Å². The van der Waals surface area contributed by atoms with Crippen molar-refractivity contribution in [2.24, 2.45) is 5.41 Å². The number of hydrogen-bond acceptors (Lipinski definition) is 3. The Morgan fingerprint density at radius 3 is 2.50 bits per heavy atom. The highest BCUT2D eigenvalue weighted by Gasteiger charge is 2.36. The second-order valence-electron chi connectivity index (χ2n) is 6.13. The van der Waals surface area contributed by atoms with Gasteiger partial charge in [0.1, 0.15) is 0 Å². The maximum atomic E-state index is 11.6. The molecule has 106 valence electrons. The highest BCUT2D eigenvalue weighted by molar-refractivity contribution is 9.09. The molecule has 0 radical (unpaired) electrons. The summed E-state index contributed by atoms with van der Waals surface area (Å²) in [6.45, 7) is 3.84. The Labute approximate surface area is 119 Å². The van der Waals surface area contributed by atoms with Crippen LogP contribution in [0.4, 0.5) is 0 Å². The van der Waals surface area contributed by atoms with Gasteiger partial charge in [-0.15, -0.1) is 0 Å². The Morgan fingerprint density at radius 2 is 1.94 bits per heavy atom. The molecular formula is C13H24BrNO2S. The maximum Gasteiger partial charge on any atom is 0.153 e. The van der Waals surface area contributed by atoms with Crippen LogP contribution in [-0.2, 0) is 9.84 Å². The normalized spacial score (nSPS) is 32.2. The van der Waals surface area contributed by atoms with E-state index >= 15 is 0 Å². The lowest BCUT2D eigenvalue weighted by Crippen LogP contribution is -2.51. The highest BCUT2D eigenvalue weighted by Crippen LogP contribution is 2.39. The number of halogens is 1. The lowest BCUT2D eigenvalue weighted by Gasteiger charge is -2.43. The number of rotatable bonds is 3. The molecule has 0 spiro atoms. The Bertz CT molecular complexity index is 376. The third-order valence-electron chi connectivity index (χ3n) is 4.54. The maximum absolute atomic E-state index is 11.6. The average molecular weight is 338 g/mol. The lowest BCUT2D eigenvalue weighted by molar-refractivity contribution is 0.106. The summed E-state index contributed by atoms with van der Waals surface area (Å²) in [5, 5.41) is 1.05. The summed E-state index contributed by atoms with van der Waals surface area (Å²) < 4.78 is 23.2. The van der Waals surface area contributed by atoms with Gasteiger partial charge in [0, 0.05) is 24.5 Å². The van der Waals surface area contributed by atoms with Gasteiger partial charge in [0.15, 0.2) is 9.84 Å². The van der Waals surface area contributed by atoms with Gasteiger partial charge < -0.3 is 0 Å². The standard InChI is InChI=1S/C13H24BrNO2S/c1-12-9-18(16,17)8-7-15(12)11-13(10-14)5-3-2-4-6-13/h12H,2-11H2,1H3. The zero-order chi connectivity index (χ0) is 13.2. The van der Waals surface area contributed by atoms with Crippen LogP contribution in [-0.4, -0.2) is 49.3 Å². The lowest BCUT2D eigenvalue weighted by atomic mass is 9.75. The first-order chi connectivity index (χ1) is 8.46. The van der Waals surface area contributed by atoms with Crippen molar-refractivity contribution in [3.8, 4) is 0 Å². The van der Waals surface area contributed by atoms with Crippen molar-refractivity contribution in [3.05, 3.63) is 0 Å². The van der Waals surface area contributed by atoms with E-state index in [4.69, 9.17) is 0 Å². The predicted molar refractivity (Wildman–Crippen MR) is 79.0 cm³/mol. The van der Waals surface area contributed by atoms with Gasteiger partial charge in [-0.1, -0.05) is 35.2 Å². The van der Waals surface area contributed by atoms with E-state index in [1.807, 2.05) is 0 Å². The molecule has 1 saturated carbocycles. The summed E-state index contributed by atoms with van der Waals surface area (Å²) >= 11 is 3.69. The van der Waals surface area contributed by atoms with Crippen molar-refractivity contribution in [3.63, 3.8) is 0 Å². The Hall–Kier alpha value is 0.390. The summed E-state index contributed by atoms with van der Waals surface area (Å²) in [6.07, 6.45) is 6.58. The topological polar surface area (TPSA) is 37.4 Å². The van der Waals surface area contributed by atoms with Crippen LogP contribution in [0.15, 0.2) is 0 Å². The van der Waals surface area contributed by atoms with Crippen molar-refractivity contribution >= 4 is 25.8 Å². The first-order valence-corrected chi connectivity index (χ1v) is 9.91. The van der Waals surface area contributed by atoms with Crippen LogP contribution >= 0.6 is 15.9 Å². The van der Waals surface area contributed by atoms with Gasteiger partial charge in [0.25, 0.3) is 0 Å².